The summed E-state index contributed by atoms with van der Waals surface area (Å²) in [6.45, 7) is 2.32. The first-order valence-corrected chi connectivity index (χ1v) is 8.53. The van der Waals surface area contributed by atoms with E-state index in [9.17, 15) is 9.90 Å². The predicted molar refractivity (Wildman–Crippen MR) is 79.1 cm³/mol. The molecule has 3 fully saturated rings. The molecule has 2 saturated carbocycles. The molecule has 21 heavy (non-hydrogen) atoms. The Morgan fingerprint density at radius 1 is 1.10 bits per heavy atom. The molecule has 3 N–H and O–H groups in total. The lowest BCUT2D eigenvalue weighted by atomic mass is 9.79. The SMILES string of the molecule is CC1CCCC(C2NC(C3CCCC(C(=O)O)C3)NO2)C1. The Morgan fingerprint density at radius 2 is 1.86 bits per heavy atom. The van der Waals surface area contributed by atoms with Gasteiger partial charge in [-0.05, 0) is 43.9 Å². The van der Waals surface area contributed by atoms with Gasteiger partial charge in [0.25, 0.3) is 0 Å². The summed E-state index contributed by atoms with van der Waals surface area (Å²) >= 11 is 0. The van der Waals surface area contributed by atoms with Crippen molar-refractivity contribution in [3.8, 4) is 0 Å². The van der Waals surface area contributed by atoms with Gasteiger partial charge in [0.15, 0.2) is 0 Å². The molecule has 0 aromatic rings. The van der Waals surface area contributed by atoms with Crippen LogP contribution in [0, 0.1) is 23.7 Å². The van der Waals surface area contributed by atoms with E-state index >= 15 is 0 Å². The predicted octanol–water partition coefficient (Wildman–Crippen LogP) is 2.48. The van der Waals surface area contributed by atoms with Gasteiger partial charge in [-0.15, -0.1) is 0 Å². The van der Waals surface area contributed by atoms with E-state index in [1.165, 1.54) is 25.7 Å². The minimum atomic E-state index is -0.642. The molecular formula is C16H28N2O3. The maximum absolute atomic E-state index is 11.2. The third-order valence-electron chi connectivity index (χ3n) is 5.61. The number of aliphatic carboxylic acids is 1. The van der Waals surface area contributed by atoms with Crippen LogP contribution in [0.2, 0.25) is 0 Å². The third-order valence-corrected chi connectivity index (χ3v) is 5.61. The van der Waals surface area contributed by atoms with Gasteiger partial charge in [0.05, 0.1) is 12.1 Å². The fourth-order valence-electron chi connectivity index (χ4n) is 4.37. The molecule has 120 valence electrons. The van der Waals surface area contributed by atoms with Gasteiger partial charge in [-0.25, -0.2) is 0 Å². The van der Waals surface area contributed by atoms with Crippen molar-refractivity contribution in [2.45, 2.75) is 70.7 Å². The maximum atomic E-state index is 11.2. The monoisotopic (exact) mass is 296 g/mol. The van der Waals surface area contributed by atoms with Crippen molar-refractivity contribution >= 4 is 5.97 Å². The molecule has 6 atom stereocenters. The van der Waals surface area contributed by atoms with Crippen LogP contribution in [0.1, 0.15) is 58.3 Å². The number of rotatable bonds is 3. The number of hydrogen-bond acceptors (Lipinski definition) is 4. The molecule has 0 amide bonds. The number of hydroxylamine groups is 1. The highest BCUT2D eigenvalue weighted by Crippen LogP contribution is 2.35. The Kier molecular flexibility index (Phi) is 4.82. The second kappa shape index (κ2) is 6.63. The van der Waals surface area contributed by atoms with Gasteiger partial charge in [0.2, 0.25) is 0 Å². The first-order chi connectivity index (χ1) is 10.1. The van der Waals surface area contributed by atoms with E-state index in [4.69, 9.17) is 4.84 Å². The summed E-state index contributed by atoms with van der Waals surface area (Å²) in [4.78, 5) is 17.0. The summed E-state index contributed by atoms with van der Waals surface area (Å²) < 4.78 is 0. The molecule has 0 spiro atoms. The molecule has 0 radical (unpaired) electrons. The maximum Gasteiger partial charge on any atom is 0.306 e. The molecule has 0 bridgehead atoms. The van der Waals surface area contributed by atoms with E-state index < -0.39 is 5.97 Å². The Labute approximate surface area is 126 Å². The lowest BCUT2D eigenvalue weighted by Crippen LogP contribution is -2.44. The van der Waals surface area contributed by atoms with Crippen molar-refractivity contribution in [3.05, 3.63) is 0 Å². The standard InChI is InChI=1S/C16H28N2O3/c1-10-4-2-6-12(8-10)15-17-14(18-21-15)11-5-3-7-13(9-11)16(19)20/h10-15,17-18H,2-9H2,1H3,(H,19,20). The second-order valence-corrected chi connectivity index (χ2v) is 7.29. The molecule has 5 nitrogen and oxygen atoms in total. The summed E-state index contributed by atoms with van der Waals surface area (Å²) in [5, 5.41) is 12.8. The Bertz CT molecular complexity index is 377. The van der Waals surface area contributed by atoms with Crippen LogP contribution in [-0.2, 0) is 9.63 Å². The van der Waals surface area contributed by atoms with Crippen LogP contribution in [0.4, 0.5) is 0 Å². The van der Waals surface area contributed by atoms with Crippen molar-refractivity contribution in [1.29, 1.82) is 0 Å². The van der Waals surface area contributed by atoms with E-state index in [2.05, 4.69) is 17.7 Å². The van der Waals surface area contributed by atoms with E-state index in [1.54, 1.807) is 0 Å². The van der Waals surface area contributed by atoms with Crippen LogP contribution in [0.15, 0.2) is 0 Å². The average molecular weight is 296 g/mol. The lowest BCUT2D eigenvalue weighted by molar-refractivity contribution is -0.143. The Morgan fingerprint density at radius 3 is 2.62 bits per heavy atom. The van der Waals surface area contributed by atoms with Gasteiger partial charge < -0.3 is 5.11 Å². The fraction of sp³-hybridized carbons (Fsp3) is 0.938. The zero-order valence-corrected chi connectivity index (χ0v) is 12.9. The quantitative estimate of drug-likeness (QED) is 0.746. The fourth-order valence-corrected chi connectivity index (χ4v) is 4.37. The van der Waals surface area contributed by atoms with Gasteiger partial charge in [0, 0.05) is 5.92 Å². The molecule has 0 aromatic heterocycles. The van der Waals surface area contributed by atoms with Crippen molar-refractivity contribution in [3.63, 3.8) is 0 Å². The van der Waals surface area contributed by atoms with Gasteiger partial charge in [0.1, 0.15) is 6.23 Å². The van der Waals surface area contributed by atoms with E-state index in [1.807, 2.05) is 0 Å². The van der Waals surface area contributed by atoms with Gasteiger partial charge >= 0.3 is 5.97 Å². The van der Waals surface area contributed by atoms with Gasteiger partial charge in [-0.3, -0.25) is 14.9 Å². The number of nitrogens with one attached hydrogen (secondary N) is 2. The normalized spacial score (nSPS) is 44.6. The summed E-state index contributed by atoms with van der Waals surface area (Å²) in [6, 6.07) is 0. The highest BCUT2D eigenvalue weighted by Gasteiger charge is 2.39. The molecule has 1 heterocycles. The van der Waals surface area contributed by atoms with Crippen molar-refractivity contribution in [2.75, 3.05) is 0 Å². The third kappa shape index (κ3) is 3.58. The first kappa shape index (κ1) is 15.3. The second-order valence-electron chi connectivity index (χ2n) is 7.29. The van der Waals surface area contributed by atoms with Crippen LogP contribution in [0.25, 0.3) is 0 Å². The summed E-state index contributed by atoms with van der Waals surface area (Å²) in [6.07, 6.45) is 8.99. The number of carboxylic acids is 1. The minimum absolute atomic E-state index is 0.1000. The minimum Gasteiger partial charge on any atom is -0.481 e. The molecule has 3 rings (SSSR count). The molecule has 6 unspecified atom stereocenters. The number of carboxylic acid groups (broad SMARTS) is 1. The van der Waals surface area contributed by atoms with Crippen molar-refractivity contribution < 1.29 is 14.7 Å². The van der Waals surface area contributed by atoms with Crippen molar-refractivity contribution in [2.24, 2.45) is 23.7 Å². The van der Waals surface area contributed by atoms with E-state index in [0.29, 0.717) is 11.8 Å². The van der Waals surface area contributed by atoms with Crippen molar-refractivity contribution in [1.82, 2.24) is 10.8 Å². The van der Waals surface area contributed by atoms with Gasteiger partial charge in [-0.1, -0.05) is 26.2 Å². The molecule has 1 aliphatic heterocycles. The molecule has 2 aliphatic carbocycles. The summed E-state index contributed by atoms with van der Waals surface area (Å²) in [7, 11) is 0. The lowest BCUT2D eigenvalue weighted by Gasteiger charge is -2.32. The molecule has 3 aliphatic rings. The molecule has 0 aromatic carbocycles. The van der Waals surface area contributed by atoms with Gasteiger partial charge in [-0.2, -0.15) is 5.48 Å². The summed E-state index contributed by atoms with van der Waals surface area (Å²) in [5.41, 5.74) is 3.14. The smallest absolute Gasteiger partial charge is 0.306 e. The van der Waals surface area contributed by atoms with Crippen LogP contribution in [-0.4, -0.2) is 23.5 Å². The first-order valence-electron chi connectivity index (χ1n) is 8.53. The zero-order chi connectivity index (χ0) is 14.8. The number of hydrogen-bond donors (Lipinski definition) is 3. The van der Waals surface area contributed by atoms with E-state index in [-0.39, 0.29) is 18.3 Å². The van der Waals surface area contributed by atoms with E-state index in [0.717, 1.165) is 31.6 Å². The van der Waals surface area contributed by atoms with Crippen LogP contribution >= 0.6 is 0 Å². The van der Waals surface area contributed by atoms with Crippen LogP contribution < -0.4 is 10.8 Å². The number of carbonyl (C=O) groups is 1. The molecular weight excluding hydrogens is 268 g/mol. The summed E-state index contributed by atoms with van der Waals surface area (Å²) in [5.74, 6) is 0.924. The highest BCUT2D eigenvalue weighted by atomic mass is 16.7. The molecule has 5 heteroatoms. The zero-order valence-electron chi connectivity index (χ0n) is 12.9. The van der Waals surface area contributed by atoms with Crippen LogP contribution in [0.5, 0.6) is 0 Å². The average Bonchev–Trinajstić information content (AvgIpc) is 2.97. The molecule has 1 saturated heterocycles. The topological polar surface area (TPSA) is 70.6 Å². The highest BCUT2D eigenvalue weighted by molar-refractivity contribution is 5.70. The Balaban J connectivity index is 1.53. The Hall–Kier alpha value is -0.650. The largest absolute Gasteiger partial charge is 0.481 e. The van der Waals surface area contributed by atoms with Crippen LogP contribution in [0.3, 0.4) is 0 Å².